The van der Waals surface area contributed by atoms with Gasteiger partial charge < -0.3 is 4.57 Å². The van der Waals surface area contributed by atoms with E-state index in [0.29, 0.717) is 9.12 Å². The molecule has 5 nitrogen and oxygen atoms in total. The number of hydrogen-bond acceptors (Lipinski definition) is 5. The molecule has 0 aliphatic carbocycles. The molecule has 0 fully saturated rings. The first-order valence-corrected chi connectivity index (χ1v) is 4.04. The lowest BCUT2D eigenvalue weighted by Crippen LogP contribution is -1.77. The van der Waals surface area contributed by atoms with E-state index in [9.17, 15) is 0 Å². The third-order valence-corrected chi connectivity index (χ3v) is 0.816. The van der Waals surface area contributed by atoms with Gasteiger partial charge in [0.25, 0.3) is 0 Å². The van der Waals surface area contributed by atoms with Crippen molar-refractivity contribution in [1.29, 1.82) is 10.8 Å². The van der Waals surface area contributed by atoms with E-state index in [0.717, 1.165) is 18.1 Å². The van der Waals surface area contributed by atoms with Gasteiger partial charge in [-0.05, 0) is 5.92 Å². The Morgan fingerprint density at radius 2 is 1.23 bits per heavy atom. The van der Waals surface area contributed by atoms with E-state index < -0.39 is 0 Å². The Bertz CT molecular complexity index is 127. The first-order chi connectivity index (χ1) is 6.10. The highest BCUT2D eigenvalue weighted by atomic mass is 31.0. The molecule has 0 radical (unpaired) electrons. The molecule has 0 aromatic heterocycles. The van der Waals surface area contributed by atoms with Crippen molar-refractivity contribution in [1.82, 2.24) is 0 Å². The van der Waals surface area contributed by atoms with Crippen LogP contribution in [0.4, 0.5) is 0 Å². The molecule has 78 valence electrons. The molecule has 0 saturated heterocycles. The zero-order valence-corrected chi connectivity index (χ0v) is 9.63. The minimum absolute atomic E-state index is 0.611. The Labute approximate surface area is 80.2 Å². The summed E-state index contributed by atoms with van der Waals surface area (Å²) in [6.07, 6.45) is 2.81. The summed E-state index contributed by atoms with van der Waals surface area (Å²) in [6.45, 7) is 6.64. The zero-order valence-electron chi connectivity index (χ0n) is 8.22. The van der Waals surface area contributed by atoms with Crippen molar-refractivity contribution in [3.8, 4) is 0 Å². The number of isocyanates is 2. The van der Waals surface area contributed by atoms with Crippen molar-refractivity contribution < 1.29 is 14.2 Å². The van der Waals surface area contributed by atoms with Crippen LogP contribution >= 0.6 is 9.12 Å². The highest BCUT2D eigenvalue weighted by molar-refractivity contribution is 7.00. The van der Waals surface area contributed by atoms with Crippen molar-refractivity contribution in [3.63, 3.8) is 0 Å². The van der Waals surface area contributed by atoms with Crippen LogP contribution in [0.5, 0.6) is 0 Å². The predicted molar refractivity (Wildman–Crippen MR) is 53.7 cm³/mol. The lowest BCUT2D eigenvalue weighted by atomic mass is 10.2. The molecule has 2 N–H and O–H groups in total. The summed E-state index contributed by atoms with van der Waals surface area (Å²) >= 11 is 0. The molecule has 0 amide bonds. The number of rotatable bonds is 1. The van der Waals surface area contributed by atoms with E-state index in [1.54, 1.807) is 0 Å². The minimum Gasteiger partial charge on any atom is -0.333 e. The van der Waals surface area contributed by atoms with Gasteiger partial charge >= 0.3 is 0 Å². The summed E-state index contributed by atoms with van der Waals surface area (Å²) in [5.41, 5.74) is 0. The molecule has 0 heterocycles. The SMILES string of the molecule is CCC(C)C.N=C=O.N=C=O.O=[PH3]. The highest BCUT2D eigenvalue weighted by Crippen LogP contribution is 1.93. The van der Waals surface area contributed by atoms with Gasteiger partial charge in [0, 0.05) is 0 Å². The molecule has 0 aromatic carbocycles. The maximum atomic E-state index is 8.35. The molecule has 0 aromatic rings. The monoisotopic (exact) mass is 208 g/mol. The Hall–Kier alpha value is -1.01. The minimum atomic E-state index is 0.611. The van der Waals surface area contributed by atoms with Crippen LogP contribution in [0.2, 0.25) is 0 Å². The van der Waals surface area contributed by atoms with Crippen LogP contribution in [0, 0.1) is 16.7 Å². The molecule has 1 atom stereocenters. The van der Waals surface area contributed by atoms with Gasteiger partial charge in [-0.3, -0.25) is 0 Å². The summed E-state index contributed by atoms with van der Waals surface area (Å²) in [4.78, 5) is 16.7. The van der Waals surface area contributed by atoms with E-state index in [4.69, 9.17) is 25.0 Å². The molecular formula is C7H17N2O3P. The standard InChI is InChI=1S/C5H12.2CHNO.H3OP/c1-4-5(2)3;2*2-1-3;1-2/h5H,4H2,1-3H3;2*2H;2H3. The quantitative estimate of drug-likeness (QED) is 0.390. The van der Waals surface area contributed by atoms with Gasteiger partial charge in [0.1, 0.15) is 0 Å². The first kappa shape index (κ1) is 22.7. The van der Waals surface area contributed by atoms with Gasteiger partial charge in [0.05, 0.1) is 9.12 Å². The van der Waals surface area contributed by atoms with Crippen molar-refractivity contribution >= 4 is 21.3 Å². The summed E-state index contributed by atoms with van der Waals surface area (Å²) in [6, 6.07) is 0. The fourth-order valence-electron chi connectivity index (χ4n) is 0. The molecule has 0 saturated carbocycles. The number of nitrogens with one attached hydrogen (secondary N) is 2. The molecule has 6 heteroatoms. The molecular weight excluding hydrogens is 191 g/mol. The highest BCUT2D eigenvalue weighted by Gasteiger charge is 1.80. The lowest BCUT2D eigenvalue weighted by molar-refractivity contribution is 0.562. The maximum Gasteiger partial charge on any atom is 0.231 e. The summed E-state index contributed by atoms with van der Waals surface area (Å²) in [7, 11) is 0.611. The zero-order chi connectivity index (χ0) is 11.7. The maximum absolute atomic E-state index is 8.35. The van der Waals surface area contributed by atoms with Gasteiger partial charge in [-0.25, -0.2) is 20.4 Å². The smallest absolute Gasteiger partial charge is 0.231 e. The van der Waals surface area contributed by atoms with E-state index in [-0.39, 0.29) is 0 Å². The van der Waals surface area contributed by atoms with Gasteiger partial charge in [-0.15, -0.1) is 0 Å². The van der Waals surface area contributed by atoms with Gasteiger partial charge in [0.15, 0.2) is 0 Å². The first-order valence-electron chi connectivity index (χ1n) is 3.47. The van der Waals surface area contributed by atoms with E-state index in [1.165, 1.54) is 6.42 Å². The van der Waals surface area contributed by atoms with E-state index in [2.05, 4.69) is 20.8 Å². The van der Waals surface area contributed by atoms with Crippen molar-refractivity contribution in [2.24, 2.45) is 5.92 Å². The molecule has 0 aliphatic heterocycles. The topological polar surface area (TPSA) is 98.9 Å². The van der Waals surface area contributed by atoms with Crippen LogP contribution in [0.3, 0.4) is 0 Å². The molecule has 0 rings (SSSR count). The second kappa shape index (κ2) is 44.0. The van der Waals surface area contributed by atoms with Crippen LogP contribution < -0.4 is 0 Å². The molecule has 0 aliphatic rings. The summed E-state index contributed by atoms with van der Waals surface area (Å²) in [5.74, 6) is 0.884. The molecule has 0 bridgehead atoms. The van der Waals surface area contributed by atoms with E-state index >= 15 is 0 Å². The van der Waals surface area contributed by atoms with Gasteiger partial charge in [-0.2, -0.15) is 0 Å². The summed E-state index contributed by atoms with van der Waals surface area (Å²) in [5, 5.41) is 10.8. The fraction of sp³-hybridized carbons (Fsp3) is 0.714. The third-order valence-electron chi connectivity index (χ3n) is 0.816. The fourth-order valence-corrected chi connectivity index (χ4v) is 0. The van der Waals surface area contributed by atoms with E-state index in [1.807, 2.05) is 0 Å². The van der Waals surface area contributed by atoms with Crippen molar-refractivity contribution in [2.75, 3.05) is 0 Å². The lowest BCUT2D eigenvalue weighted by Gasteiger charge is -1.90. The number of hydrogen-bond donors (Lipinski definition) is 2. The molecule has 13 heavy (non-hydrogen) atoms. The van der Waals surface area contributed by atoms with Crippen LogP contribution in [0.25, 0.3) is 0 Å². The second-order valence-electron chi connectivity index (χ2n) is 2.01. The Morgan fingerprint density at radius 3 is 1.23 bits per heavy atom. The predicted octanol–water partition coefficient (Wildman–Crippen LogP) is 1.79. The molecule has 1 unspecified atom stereocenters. The van der Waals surface area contributed by atoms with Crippen molar-refractivity contribution in [3.05, 3.63) is 0 Å². The Morgan fingerprint density at radius 1 is 1.15 bits per heavy atom. The Balaban J connectivity index is -0.0000000446. The molecule has 0 spiro atoms. The second-order valence-corrected chi connectivity index (χ2v) is 2.01. The summed E-state index contributed by atoms with van der Waals surface area (Å²) < 4.78 is 8.28. The number of carbonyl (C=O) groups excluding carboxylic acids is 2. The van der Waals surface area contributed by atoms with Crippen LogP contribution in [0.15, 0.2) is 0 Å². The van der Waals surface area contributed by atoms with Crippen LogP contribution in [0.1, 0.15) is 27.2 Å². The average Bonchev–Trinajstić information content (AvgIpc) is 2.11. The third kappa shape index (κ3) is 906. The van der Waals surface area contributed by atoms with Gasteiger partial charge in [-0.1, -0.05) is 27.2 Å². The van der Waals surface area contributed by atoms with Gasteiger partial charge in [0.2, 0.25) is 12.2 Å². The van der Waals surface area contributed by atoms with Crippen LogP contribution in [-0.2, 0) is 14.2 Å². The van der Waals surface area contributed by atoms with Crippen LogP contribution in [-0.4, -0.2) is 12.2 Å². The Kier molecular flexibility index (Phi) is 76.9. The average molecular weight is 208 g/mol. The normalized spacial score (nSPS) is 5.54. The largest absolute Gasteiger partial charge is 0.333 e. The van der Waals surface area contributed by atoms with Crippen molar-refractivity contribution in [2.45, 2.75) is 27.2 Å².